The monoisotopic (exact) mass is 321 g/mol. The number of rotatable bonds is 2. The van der Waals surface area contributed by atoms with Gasteiger partial charge in [-0.05, 0) is 30.3 Å². The molecule has 0 saturated heterocycles. The number of nitrogens with zero attached hydrogens (tertiary/aromatic N) is 3. The third-order valence-corrected chi connectivity index (χ3v) is 4.09. The Morgan fingerprint density at radius 1 is 1.04 bits per heavy atom. The van der Waals surface area contributed by atoms with Gasteiger partial charge in [-0.1, -0.05) is 12.1 Å². The van der Waals surface area contributed by atoms with Crippen molar-refractivity contribution >= 4 is 34.4 Å². The van der Waals surface area contributed by atoms with E-state index in [2.05, 4.69) is 5.10 Å². The van der Waals surface area contributed by atoms with Crippen LogP contribution in [0, 0.1) is 0 Å². The molecule has 1 aliphatic heterocycles. The number of carboxylic acid groups (broad SMARTS) is 1. The molecule has 7 nitrogen and oxygen atoms in total. The summed E-state index contributed by atoms with van der Waals surface area (Å²) in [6.07, 6.45) is 0. The van der Waals surface area contributed by atoms with Crippen molar-refractivity contribution in [2.24, 2.45) is 7.05 Å². The van der Waals surface area contributed by atoms with Crippen LogP contribution in [0.3, 0.4) is 0 Å². The molecule has 0 bridgehead atoms. The van der Waals surface area contributed by atoms with Crippen LogP contribution >= 0.6 is 0 Å². The fourth-order valence-corrected chi connectivity index (χ4v) is 2.97. The highest BCUT2D eigenvalue weighted by atomic mass is 16.4. The summed E-state index contributed by atoms with van der Waals surface area (Å²) < 4.78 is 1.45. The number of carboxylic acids is 1. The molecular weight excluding hydrogens is 310 g/mol. The van der Waals surface area contributed by atoms with Crippen molar-refractivity contribution < 1.29 is 19.5 Å². The second kappa shape index (κ2) is 4.76. The van der Waals surface area contributed by atoms with E-state index in [1.165, 1.54) is 10.7 Å². The molecule has 0 unspecified atom stereocenters. The van der Waals surface area contributed by atoms with Crippen molar-refractivity contribution in [1.29, 1.82) is 0 Å². The molecular formula is C17H11N3O4. The van der Waals surface area contributed by atoms with Gasteiger partial charge in [-0.25, -0.2) is 9.69 Å². The Bertz CT molecular complexity index is 1020. The van der Waals surface area contributed by atoms with Crippen molar-refractivity contribution in [3.63, 3.8) is 0 Å². The third kappa shape index (κ3) is 1.78. The maximum absolute atomic E-state index is 12.5. The lowest BCUT2D eigenvalue weighted by atomic mass is 10.1. The quantitative estimate of drug-likeness (QED) is 0.729. The van der Waals surface area contributed by atoms with Crippen LogP contribution in [-0.2, 0) is 7.05 Å². The Hall–Kier alpha value is -3.48. The Kier molecular flexibility index (Phi) is 2.80. The number of amides is 2. The number of benzene rings is 2. The van der Waals surface area contributed by atoms with E-state index in [4.69, 9.17) is 0 Å². The van der Waals surface area contributed by atoms with E-state index < -0.39 is 17.8 Å². The number of anilines is 1. The van der Waals surface area contributed by atoms with Crippen molar-refractivity contribution in [2.75, 3.05) is 4.90 Å². The number of aromatic carboxylic acids is 1. The number of carbonyl (C=O) groups is 3. The summed E-state index contributed by atoms with van der Waals surface area (Å²) in [6.45, 7) is 0. The smallest absolute Gasteiger partial charge is 0.357 e. The van der Waals surface area contributed by atoms with Crippen molar-refractivity contribution in [3.05, 3.63) is 59.3 Å². The summed E-state index contributed by atoms with van der Waals surface area (Å²) in [5, 5.41) is 13.6. The van der Waals surface area contributed by atoms with Gasteiger partial charge >= 0.3 is 5.97 Å². The second-order valence-corrected chi connectivity index (χ2v) is 5.47. The lowest BCUT2D eigenvalue weighted by Gasteiger charge is -2.14. The normalized spacial score (nSPS) is 13.6. The molecule has 1 aliphatic rings. The van der Waals surface area contributed by atoms with Gasteiger partial charge in [0, 0.05) is 12.4 Å². The molecule has 24 heavy (non-hydrogen) atoms. The Balaban J connectivity index is 1.89. The molecule has 2 heterocycles. The van der Waals surface area contributed by atoms with E-state index in [1.807, 2.05) is 0 Å². The summed E-state index contributed by atoms with van der Waals surface area (Å²) in [4.78, 5) is 37.5. The first-order valence-electron chi connectivity index (χ1n) is 7.17. The minimum atomic E-state index is -1.17. The molecule has 2 aromatic carbocycles. The molecule has 0 spiro atoms. The first kappa shape index (κ1) is 14.1. The highest BCUT2D eigenvalue weighted by Crippen LogP contribution is 2.31. The van der Waals surface area contributed by atoms with Gasteiger partial charge in [0.2, 0.25) is 0 Å². The number of imide groups is 1. The average Bonchev–Trinajstić information content (AvgIpc) is 3.03. The summed E-state index contributed by atoms with van der Waals surface area (Å²) in [5.41, 5.74) is 1.49. The van der Waals surface area contributed by atoms with Crippen LogP contribution < -0.4 is 4.90 Å². The van der Waals surface area contributed by atoms with Gasteiger partial charge in [0.25, 0.3) is 11.8 Å². The number of hydrogen-bond acceptors (Lipinski definition) is 4. The van der Waals surface area contributed by atoms with Gasteiger partial charge in [-0.15, -0.1) is 0 Å². The summed E-state index contributed by atoms with van der Waals surface area (Å²) in [7, 11) is 1.64. The van der Waals surface area contributed by atoms with Crippen molar-refractivity contribution in [3.8, 4) is 0 Å². The fraction of sp³-hybridized carbons (Fsp3) is 0.0588. The lowest BCUT2D eigenvalue weighted by Crippen LogP contribution is -2.29. The number of aryl methyl sites for hydroxylation is 1. The Morgan fingerprint density at radius 2 is 1.67 bits per heavy atom. The maximum Gasteiger partial charge on any atom is 0.357 e. The molecule has 1 aromatic heterocycles. The van der Waals surface area contributed by atoms with Gasteiger partial charge in [-0.2, -0.15) is 5.10 Å². The van der Waals surface area contributed by atoms with Gasteiger partial charge in [-0.3, -0.25) is 14.3 Å². The largest absolute Gasteiger partial charge is 0.476 e. The van der Waals surface area contributed by atoms with Gasteiger partial charge < -0.3 is 5.11 Å². The summed E-state index contributed by atoms with van der Waals surface area (Å²) >= 11 is 0. The SMILES string of the molecule is Cn1nc(C(=O)O)c2cc(N3C(=O)c4ccccc4C3=O)ccc21. The number of carbonyl (C=O) groups excluding carboxylic acids is 2. The molecule has 4 rings (SSSR count). The minimum Gasteiger partial charge on any atom is -0.476 e. The Morgan fingerprint density at radius 3 is 2.25 bits per heavy atom. The molecule has 118 valence electrons. The van der Waals surface area contributed by atoms with Gasteiger partial charge in [0.05, 0.1) is 22.3 Å². The van der Waals surface area contributed by atoms with E-state index in [1.54, 1.807) is 43.4 Å². The van der Waals surface area contributed by atoms with E-state index in [9.17, 15) is 19.5 Å². The zero-order valence-electron chi connectivity index (χ0n) is 12.6. The van der Waals surface area contributed by atoms with Crippen LogP contribution in [0.5, 0.6) is 0 Å². The van der Waals surface area contributed by atoms with Crippen LogP contribution in [0.25, 0.3) is 10.9 Å². The average molecular weight is 321 g/mol. The number of fused-ring (bicyclic) bond motifs is 2. The number of hydrogen-bond donors (Lipinski definition) is 1. The minimum absolute atomic E-state index is 0.119. The topological polar surface area (TPSA) is 92.5 Å². The highest BCUT2D eigenvalue weighted by Gasteiger charge is 2.36. The van der Waals surface area contributed by atoms with Gasteiger partial charge in [0.15, 0.2) is 5.69 Å². The van der Waals surface area contributed by atoms with E-state index in [0.717, 1.165) is 4.90 Å². The Labute approximate surface area is 135 Å². The molecule has 2 amide bonds. The zero-order valence-corrected chi connectivity index (χ0v) is 12.6. The van der Waals surface area contributed by atoms with Crippen molar-refractivity contribution in [2.45, 2.75) is 0 Å². The zero-order chi connectivity index (χ0) is 17.0. The molecule has 0 atom stereocenters. The first-order chi connectivity index (χ1) is 11.5. The van der Waals surface area contributed by atoms with Crippen LogP contribution in [-0.4, -0.2) is 32.7 Å². The van der Waals surface area contributed by atoms with Crippen molar-refractivity contribution in [1.82, 2.24) is 9.78 Å². The van der Waals surface area contributed by atoms with E-state index >= 15 is 0 Å². The molecule has 1 N–H and O–H groups in total. The molecule has 7 heteroatoms. The van der Waals surface area contributed by atoms with Crippen LogP contribution in [0.2, 0.25) is 0 Å². The standard InChI is InChI=1S/C17H11N3O4/c1-19-13-7-6-9(8-12(13)14(18-19)17(23)24)20-15(21)10-4-2-3-5-11(10)16(20)22/h2-8H,1H3,(H,23,24). The van der Waals surface area contributed by atoms with E-state index in [-0.39, 0.29) is 5.69 Å². The van der Waals surface area contributed by atoms with Gasteiger partial charge in [0.1, 0.15) is 0 Å². The van der Waals surface area contributed by atoms with Crippen LogP contribution in [0.1, 0.15) is 31.2 Å². The lowest BCUT2D eigenvalue weighted by molar-refractivity contribution is 0.0691. The molecule has 0 aliphatic carbocycles. The first-order valence-corrected chi connectivity index (χ1v) is 7.17. The second-order valence-electron chi connectivity index (χ2n) is 5.47. The summed E-state index contributed by atoms with van der Waals surface area (Å²) in [6, 6.07) is 11.3. The predicted octanol–water partition coefficient (Wildman–Crippen LogP) is 2.07. The van der Waals surface area contributed by atoms with Crippen LogP contribution in [0.15, 0.2) is 42.5 Å². The molecule has 3 aromatic rings. The summed E-state index contributed by atoms with van der Waals surface area (Å²) in [5.74, 6) is -2.01. The maximum atomic E-state index is 12.5. The fourth-order valence-electron chi connectivity index (χ4n) is 2.97. The van der Waals surface area contributed by atoms with Crippen LogP contribution in [0.4, 0.5) is 5.69 Å². The highest BCUT2D eigenvalue weighted by molar-refractivity contribution is 6.34. The van der Waals surface area contributed by atoms with E-state index in [0.29, 0.717) is 27.7 Å². The predicted molar refractivity (Wildman–Crippen MR) is 85.3 cm³/mol. The number of aromatic nitrogens is 2. The third-order valence-electron chi connectivity index (χ3n) is 4.09. The molecule has 0 fully saturated rings. The molecule has 0 radical (unpaired) electrons. The molecule has 0 saturated carbocycles.